The lowest BCUT2D eigenvalue weighted by Gasteiger charge is -1.95. The lowest BCUT2D eigenvalue weighted by atomic mass is 10.3. The van der Waals surface area contributed by atoms with Gasteiger partial charge in [-0.2, -0.15) is 0 Å². The zero-order valence-corrected chi connectivity index (χ0v) is 8.40. The molecule has 0 N–H and O–H groups in total. The lowest BCUT2D eigenvalue weighted by Crippen LogP contribution is -1.91. The van der Waals surface area contributed by atoms with Gasteiger partial charge in [0, 0.05) is 6.26 Å². The Bertz CT molecular complexity index is 350. The summed E-state index contributed by atoms with van der Waals surface area (Å²) in [5.74, 6) is -0.327. The third kappa shape index (κ3) is 3.24. The maximum Gasteiger partial charge on any atom is 0.290 e. The molecule has 1 aromatic rings. The Morgan fingerprint density at radius 3 is 2.46 bits per heavy atom. The van der Waals surface area contributed by atoms with Crippen LogP contribution in [0.5, 0.6) is 0 Å². The molecular weight excluding hydrogens is 213 g/mol. The summed E-state index contributed by atoms with van der Waals surface area (Å²) in [5, 5.41) is 0. The van der Waals surface area contributed by atoms with Crippen LogP contribution in [0.25, 0.3) is 0 Å². The smallest absolute Gasteiger partial charge is 0.267 e. The maximum absolute atomic E-state index is 12.5. The number of benzene rings is 1. The van der Waals surface area contributed by atoms with E-state index in [9.17, 15) is 9.18 Å². The predicted molar refractivity (Wildman–Crippen MR) is 53.0 cm³/mol. The number of carbonyl (C=O) groups excluding carboxylic acids is 1. The molecule has 0 fully saturated rings. The van der Waals surface area contributed by atoms with E-state index in [1.807, 2.05) is 0 Å². The second kappa shape index (κ2) is 4.48. The molecule has 0 aliphatic rings. The van der Waals surface area contributed by atoms with Crippen molar-refractivity contribution in [3.8, 4) is 0 Å². The van der Waals surface area contributed by atoms with E-state index in [0.717, 1.165) is 0 Å². The molecule has 0 bridgehead atoms. The molecule has 1 aromatic carbocycles. The molecule has 1 unspecified atom stereocenters. The molecule has 0 aromatic heterocycles. The first-order chi connectivity index (χ1) is 6.09. The van der Waals surface area contributed by atoms with Crippen LogP contribution < -0.4 is 0 Å². The summed E-state index contributed by atoms with van der Waals surface area (Å²) in [4.78, 5) is 10.6. The number of hydrogen-bond acceptors (Lipinski definition) is 2. The second-order valence-corrected chi connectivity index (χ2v) is 4.36. The van der Waals surface area contributed by atoms with Gasteiger partial charge in [0.2, 0.25) is 0 Å². The zero-order chi connectivity index (χ0) is 9.84. The van der Waals surface area contributed by atoms with Crippen LogP contribution >= 0.6 is 11.6 Å². The van der Waals surface area contributed by atoms with Crippen LogP contribution in [-0.2, 0) is 10.7 Å². The first-order valence-corrected chi connectivity index (χ1v) is 5.39. The Hall–Kier alpha value is -0.740. The van der Waals surface area contributed by atoms with Crippen molar-refractivity contribution in [1.82, 2.24) is 0 Å². The van der Waals surface area contributed by atoms with Crippen LogP contribution in [0, 0.1) is 5.82 Å². The minimum Gasteiger partial charge on any atom is -0.267 e. The molecule has 5 heteroatoms. The van der Waals surface area contributed by atoms with Gasteiger partial charge in [-0.1, -0.05) is 0 Å². The Morgan fingerprint density at radius 2 is 2.00 bits per heavy atom. The third-order valence-corrected chi connectivity index (χ3v) is 2.92. The quantitative estimate of drug-likeness (QED) is 0.667. The van der Waals surface area contributed by atoms with Gasteiger partial charge < -0.3 is 0 Å². The van der Waals surface area contributed by atoms with E-state index in [2.05, 4.69) is 4.36 Å². The van der Waals surface area contributed by atoms with Crippen molar-refractivity contribution in [3.63, 3.8) is 0 Å². The Morgan fingerprint density at radius 1 is 1.46 bits per heavy atom. The number of hydrogen-bond donors (Lipinski definition) is 0. The number of nitrogens with zero attached hydrogens (tertiary/aromatic N) is 1. The first kappa shape index (κ1) is 10.3. The number of halogens is 2. The van der Waals surface area contributed by atoms with E-state index >= 15 is 0 Å². The monoisotopic (exact) mass is 219 g/mol. The van der Waals surface area contributed by atoms with E-state index in [1.165, 1.54) is 24.3 Å². The van der Waals surface area contributed by atoms with Crippen molar-refractivity contribution in [3.05, 3.63) is 30.1 Å². The van der Waals surface area contributed by atoms with Gasteiger partial charge in [-0.05, 0) is 46.6 Å². The highest BCUT2D eigenvalue weighted by molar-refractivity contribution is 8.05. The van der Waals surface area contributed by atoms with Crippen molar-refractivity contribution in [2.75, 3.05) is 6.26 Å². The zero-order valence-electron chi connectivity index (χ0n) is 6.83. The molecule has 1 rings (SSSR count). The molecule has 0 spiro atoms. The van der Waals surface area contributed by atoms with Crippen LogP contribution in [-0.4, -0.2) is 10.8 Å². The lowest BCUT2D eigenvalue weighted by molar-refractivity contribution is 0.275. The maximum atomic E-state index is 12.5. The van der Waals surface area contributed by atoms with Gasteiger partial charge in [-0.25, -0.2) is 8.75 Å². The largest absolute Gasteiger partial charge is 0.290 e. The topological polar surface area (TPSA) is 29.4 Å². The van der Waals surface area contributed by atoms with Crippen LogP contribution in [0.3, 0.4) is 0 Å². The molecule has 1 atom stereocenters. The van der Waals surface area contributed by atoms with Gasteiger partial charge >= 0.3 is 0 Å². The van der Waals surface area contributed by atoms with E-state index in [1.54, 1.807) is 6.26 Å². The molecular formula is C8H7ClFNOS. The van der Waals surface area contributed by atoms with Crippen LogP contribution in [0.15, 0.2) is 28.6 Å². The molecule has 0 radical (unpaired) electrons. The molecule has 0 amide bonds. The summed E-state index contributed by atoms with van der Waals surface area (Å²) in [7, 11) is -0.850. The second-order valence-electron chi connectivity index (χ2n) is 2.28. The standard InChI is InChI=1S/C8H7ClFNOS/c1-13(8(9)12)11-7-4-2-6(10)3-5-7/h2-5H,1H3. The van der Waals surface area contributed by atoms with Crippen molar-refractivity contribution in [2.24, 2.45) is 4.36 Å². The van der Waals surface area contributed by atoms with Crippen molar-refractivity contribution >= 4 is 32.6 Å². The van der Waals surface area contributed by atoms with Gasteiger partial charge in [0.25, 0.3) is 4.57 Å². The summed E-state index contributed by atoms with van der Waals surface area (Å²) >= 11 is 5.22. The summed E-state index contributed by atoms with van der Waals surface area (Å²) in [6.07, 6.45) is 1.61. The fourth-order valence-corrected chi connectivity index (χ4v) is 1.31. The van der Waals surface area contributed by atoms with E-state index < -0.39 is 15.3 Å². The highest BCUT2D eigenvalue weighted by Crippen LogP contribution is 2.14. The molecule has 0 aliphatic heterocycles. The average molecular weight is 220 g/mol. The van der Waals surface area contributed by atoms with Crippen LogP contribution in [0.4, 0.5) is 14.9 Å². The Labute approximate surface area is 82.8 Å². The summed E-state index contributed by atoms with van der Waals surface area (Å²) in [6, 6.07) is 5.57. The van der Waals surface area contributed by atoms with Crippen molar-refractivity contribution in [2.45, 2.75) is 0 Å². The first-order valence-electron chi connectivity index (χ1n) is 3.42. The average Bonchev–Trinajstić information content (AvgIpc) is 2.08. The molecule has 0 saturated carbocycles. The van der Waals surface area contributed by atoms with Crippen molar-refractivity contribution < 1.29 is 9.18 Å². The van der Waals surface area contributed by atoms with Gasteiger partial charge in [-0.15, -0.1) is 0 Å². The molecule has 0 heterocycles. The van der Waals surface area contributed by atoms with Gasteiger partial charge in [0.15, 0.2) is 0 Å². The summed E-state index contributed by atoms with van der Waals surface area (Å²) in [5.41, 5.74) is 0.557. The fraction of sp³-hybridized carbons (Fsp3) is 0.125. The minimum absolute atomic E-state index is 0.327. The van der Waals surface area contributed by atoms with Crippen LogP contribution in [0.2, 0.25) is 0 Å². The van der Waals surface area contributed by atoms with E-state index in [-0.39, 0.29) is 5.82 Å². The molecule has 0 saturated heterocycles. The summed E-state index contributed by atoms with van der Waals surface area (Å²) in [6.45, 7) is 0. The SMILES string of the molecule is CS(=Nc1ccc(F)cc1)C(=O)Cl. The highest BCUT2D eigenvalue weighted by Gasteiger charge is 1.98. The summed E-state index contributed by atoms with van der Waals surface area (Å²) < 4.78 is 15.9. The van der Waals surface area contributed by atoms with E-state index in [4.69, 9.17) is 11.6 Å². The highest BCUT2D eigenvalue weighted by atomic mass is 35.5. The number of carbonyl (C=O) groups is 1. The third-order valence-electron chi connectivity index (χ3n) is 1.30. The number of rotatable bonds is 1. The minimum atomic E-state index is -0.850. The predicted octanol–water partition coefficient (Wildman–Crippen LogP) is 3.25. The molecule has 0 aliphatic carbocycles. The molecule has 13 heavy (non-hydrogen) atoms. The fourth-order valence-electron chi connectivity index (χ4n) is 0.696. The van der Waals surface area contributed by atoms with Crippen molar-refractivity contribution in [1.29, 1.82) is 0 Å². The van der Waals surface area contributed by atoms with Gasteiger partial charge in [0.05, 0.1) is 5.69 Å². The molecule has 70 valence electrons. The normalized spacial score (nSPS) is 12.8. The Kier molecular flexibility index (Phi) is 3.57. The van der Waals surface area contributed by atoms with Crippen LogP contribution in [0.1, 0.15) is 0 Å². The van der Waals surface area contributed by atoms with Gasteiger partial charge in [-0.3, -0.25) is 4.79 Å². The molecule has 2 nitrogen and oxygen atoms in total. The Balaban J connectivity index is 2.92. The van der Waals surface area contributed by atoms with E-state index in [0.29, 0.717) is 5.69 Å². The van der Waals surface area contributed by atoms with Gasteiger partial charge in [0.1, 0.15) is 5.82 Å².